The van der Waals surface area contributed by atoms with Gasteiger partial charge in [0.05, 0.1) is 6.10 Å². The van der Waals surface area contributed by atoms with Crippen LogP contribution in [0.15, 0.2) is 30.3 Å². The lowest BCUT2D eigenvalue weighted by atomic mass is 10.1. The first-order chi connectivity index (χ1) is 7.61. The van der Waals surface area contributed by atoms with E-state index >= 15 is 0 Å². The summed E-state index contributed by atoms with van der Waals surface area (Å²) in [6.07, 6.45) is 0.348. The predicted octanol–water partition coefficient (Wildman–Crippen LogP) is 3.17. The highest BCUT2D eigenvalue weighted by molar-refractivity contribution is 5.18. The lowest BCUT2D eigenvalue weighted by Gasteiger charge is -2.20. The molecule has 0 aromatic heterocycles. The van der Waals surface area contributed by atoms with Crippen LogP contribution >= 0.6 is 0 Å². The quantitative estimate of drug-likeness (QED) is 0.801. The highest BCUT2D eigenvalue weighted by Crippen LogP contribution is 2.18. The van der Waals surface area contributed by atoms with E-state index in [1.807, 2.05) is 37.3 Å². The minimum Gasteiger partial charge on any atom is -0.386 e. The Morgan fingerprint density at radius 1 is 1.12 bits per heavy atom. The molecular formula is C14H22O2. The summed E-state index contributed by atoms with van der Waals surface area (Å²) < 4.78 is 5.62. The topological polar surface area (TPSA) is 29.5 Å². The van der Waals surface area contributed by atoms with Crippen molar-refractivity contribution >= 4 is 0 Å². The fraction of sp³-hybridized carbons (Fsp3) is 0.571. The van der Waals surface area contributed by atoms with Crippen molar-refractivity contribution in [3.05, 3.63) is 35.9 Å². The molecule has 1 aromatic rings. The maximum Gasteiger partial charge on any atom is 0.105 e. The van der Waals surface area contributed by atoms with Gasteiger partial charge in [0.2, 0.25) is 0 Å². The molecule has 1 rings (SSSR count). The van der Waals surface area contributed by atoms with E-state index in [0.717, 1.165) is 12.0 Å². The number of hydrogen-bond donors (Lipinski definition) is 1. The second-order valence-electron chi connectivity index (χ2n) is 4.61. The van der Waals surface area contributed by atoms with Gasteiger partial charge in [0, 0.05) is 6.61 Å². The van der Waals surface area contributed by atoms with E-state index in [9.17, 15) is 5.11 Å². The molecule has 0 bridgehead atoms. The maximum atomic E-state index is 10.0. The molecule has 0 amide bonds. The first-order valence-electron chi connectivity index (χ1n) is 5.96. The molecule has 0 saturated carbocycles. The monoisotopic (exact) mass is 222 g/mol. The molecule has 0 saturated heterocycles. The second kappa shape index (κ2) is 6.66. The lowest BCUT2D eigenvalue weighted by Crippen LogP contribution is -2.19. The van der Waals surface area contributed by atoms with Gasteiger partial charge in [-0.1, -0.05) is 44.2 Å². The highest BCUT2D eigenvalue weighted by Gasteiger charge is 2.16. The Balaban J connectivity index is 2.39. The Hall–Kier alpha value is -0.860. The van der Waals surface area contributed by atoms with Crippen LogP contribution in [0.3, 0.4) is 0 Å². The first kappa shape index (κ1) is 13.2. The van der Waals surface area contributed by atoms with Gasteiger partial charge >= 0.3 is 0 Å². The van der Waals surface area contributed by atoms with Gasteiger partial charge in [0.15, 0.2) is 0 Å². The van der Waals surface area contributed by atoms with Crippen molar-refractivity contribution in [3.8, 4) is 0 Å². The third kappa shape index (κ3) is 4.33. The fourth-order valence-corrected chi connectivity index (χ4v) is 1.50. The summed E-state index contributed by atoms with van der Waals surface area (Å²) in [5, 5.41) is 10.0. The maximum absolute atomic E-state index is 10.0. The van der Waals surface area contributed by atoms with Crippen molar-refractivity contribution in [1.29, 1.82) is 0 Å². The molecule has 1 N–H and O–H groups in total. The molecular weight excluding hydrogens is 200 g/mol. The van der Waals surface area contributed by atoms with E-state index < -0.39 is 6.10 Å². The van der Waals surface area contributed by atoms with Gasteiger partial charge in [-0.2, -0.15) is 0 Å². The normalized spacial score (nSPS) is 15.1. The third-order valence-corrected chi connectivity index (χ3v) is 2.66. The van der Waals surface area contributed by atoms with E-state index in [-0.39, 0.29) is 6.10 Å². The van der Waals surface area contributed by atoms with Crippen molar-refractivity contribution in [2.75, 3.05) is 6.61 Å². The van der Waals surface area contributed by atoms with Crippen LogP contribution in [0.2, 0.25) is 0 Å². The van der Waals surface area contributed by atoms with E-state index in [1.54, 1.807) is 0 Å². The van der Waals surface area contributed by atoms with Crippen LogP contribution in [0.1, 0.15) is 38.9 Å². The molecule has 2 heteroatoms. The molecule has 0 radical (unpaired) electrons. The van der Waals surface area contributed by atoms with Gasteiger partial charge < -0.3 is 9.84 Å². The Morgan fingerprint density at radius 3 is 2.31 bits per heavy atom. The summed E-state index contributed by atoms with van der Waals surface area (Å²) in [6, 6.07) is 9.65. The number of rotatable bonds is 6. The molecule has 1 aromatic carbocycles. The number of hydrogen-bond acceptors (Lipinski definition) is 2. The molecule has 16 heavy (non-hydrogen) atoms. The van der Waals surface area contributed by atoms with Crippen LogP contribution in [-0.4, -0.2) is 17.8 Å². The van der Waals surface area contributed by atoms with Crippen molar-refractivity contribution in [3.63, 3.8) is 0 Å². The van der Waals surface area contributed by atoms with Gasteiger partial charge in [0.25, 0.3) is 0 Å². The summed E-state index contributed by atoms with van der Waals surface area (Å²) in [7, 11) is 0. The Kier molecular flexibility index (Phi) is 5.50. The van der Waals surface area contributed by atoms with Crippen LogP contribution in [-0.2, 0) is 4.74 Å². The summed E-state index contributed by atoms with van der Waals surface area (Å²) in [5.74, 6) is 0.640. The fourth-order valence-electron chi connectivity index (χ4n) is 1.50. The number of aliphatic hydroxyl groups excluding tert-OH is 1. The van der Waals surface area contributed by atoms with Crippen molar-refractivity contribution in [2.24, 2.45) is 5.92 Å². The zero-order valence-electron chi connectivity index (χ0n) is 10.4. The molecule has 2 nitrogen and oxygen atoms in total. The van der Waals surface area contributed by atoms with Crippen molar-refractivity contribution in [2.45, 2.75) is 39.4 Å². The average Bonchev–Trinajstić information content (AvgIpc) is 2.28. The van der Waals surface area contributed by atoms with Crippen LogP contribution < -0.4 is 0 Å². The standard InChI is InChI=1S/C14H22O2/c1-11(2)9-10-16-12(3)14(15)13-7-5-4-6-8-13/h4-8,11-12,14-15H,9-10H2,1-3H3. The first-order valence-corrected chi connectivity index (χ1v) is 5.96. The highest BCUT2D eigenvalue weighted by atomic mass is 16.5. The Bertz CT molecular complexity index is 282. The SMILES string of the molecule is CC(C)CCOC(C)C(O)c1ccccc1. The van der Waals surface area contributed by atoms with Gasteiger partial charge in [0.1, 0.15) is 6.10 Å². The molecule has 2 atom stereocenters. The second-order valence-corrected chi connectivity index (χ2v) is 4.61. The lowest BCUT2D eigenvalue weighted by molar-refractivity contribution is -0.0311. The van der Waals surface area contributed by atoms with Crippen LogP contribution in [0.4, 0.5) is 0 Å². The minimum absolute atomic E-state index is 0.152. The van der Waals surface area contributed by atoms with Gasteiger partial charge in [-0.05, 0) is 24.8 Å². The molecule has 90 valence electrons. The van der Waals surface area contributed by atoms with Crippen molar-refractivity contribution in [1.82, 2.24) is 0 Å². The number of aliphatic hydroxyl groups is 1. The molecule has 0 aliphatic rings. The molecule has 0 fully saturated rings. The van der Waals surface area contributed by atoms with E-state index in [4.69, 9.17) is 4.74 Å². The molecule has 0 heterocycles. The largest absolute Gasteiger partial charge is 0.386 e. The minimum atomic E-state index is -0.534. The van der Waals surface area contributed by atoms with Gasteiger partial charge in [-0.3, -0.25) is 0 Å². The number of ether oxygens (including phenoxy) is 1. The van der Waals surface area contributed by atoms with E-state index in [1.165, 1.54) is 0 Å². The molecule has 2 unspecified atom stereocenters. The van der Waals surface area contributed by atoms with Crippen LogP contribution in [0.5, 0.6) is 0 Å². The van der Waals surface area contributed by atoms with Gasteiger partial charge in [-0.25, -0.2) is 0 Å². The smallest absolute Gasteiger partial charge is 0.105 e. The van der Waals surface area contributed by atoms with Crippen LogP contribution in [0, 0.1) is 5.92 Å². The zero-order valence-corrected chi connectivity index (χ0v) is 10.4. The summed E-state index contributed by atoms with van der Waals surface area (Å²) in [5.41, 5.74) is 0.916. The predicted molar refractivity (Wildman–Crippen MR) is 66.3 cm³/mol. The Labute approximate surface area is 98.3 Å². The van der Waals surface area contributed by atoms with Crippen molar-refractivity contribution < 1.29 is 9.84 Å². The van der Waals surface area contributed by atoms with Gasteiger partial charge in [-0.15, -0.1) is 0 Å². The summed E-state index contributed by atoms with van der Waals surface area (Å²) in [6.45, 7) is 6.96. The average molecular weight is 222 g/mol. The molecule has 0 aliphatic carbocycles. The van der Waals surface area contributed by atoms with E-state index in [0.29, 0.717) is 12.5 Å². The number of benzene rings is 1. The zero-order chi connectivity index (χ0) is 12.0. The van der Waals surface area contributed by atoms with E-state index in [2.05, 4.69) is 13.8 Å². The molecule has 0 spiro atoms. The Morgan fingerprint density at radius 2 is 1.75 bits per heavy atom. The summed E-state index contributed by atoms with van der Waals surface area (Å²) >= 11 is 0. The summed E-state index contributed by atoms with van der Waals surface area (Å²) in [4.78, 5) is 0. The van der Waals surface area contributed by atoms with Crippen LogP contribution in [0.25, 0.3) is 0 Å². The third-order valence-electron chi connectivity index (χ3n) is 2.66. The molecule has 0 aliphatic heterocycles.